The molecule has 0 radical (unpaired) electrons. The molecule has 108 valence electrons. The van der Waals surface area contributed by atoms with Crippen LogP contribution in [0.1, 0.15) is 23.2 Å². The van der Waals surface area contributed by atoms with Crippen LogP contribution in [0, 0.1) is 27.9 Å². The van der Waals surface area contributed by atoms with Crippen molar-refractivity contribution in [1.29, 1.82) is 0 Å². The number of carbonyl (C=O) groups is 1. The highest BCUT2D eigenvalue weighted by Gasteiger charge is 2.34. The first kappa shape index (κ1) is 13.5. The minimum absolute atomic E-state index is 0.0208. The van der Waals surface area contributed by atoms with Gasteiger partial charge in [-0.15, -0.1) is 0 Å². The smallest absolute Gasteiger partial charge is 0.267 e. The van der Waals surface area contributed by atoms with E-state index in [9.17, 15) is 14.9 Å². The average molecular weight is 285 g/mol. The highest BCUT2D eigenvalue weighted by Crippen LogP contribution is 2.42. The molecule has 2 bridgehead atoms. The molecule has 1 aromatic carbocycles. The van der Waals surface area contributed by atoms with E-state index < -0.39 is 10.8 Å². The number of hydrogen-bond donors (Lipinski definition) is 1. The number of hydrogen-bond acceptors (Lipinski definition) is 4. The van der Waals surface area contributed by atoms with Crippen molar-refractivity contribution in [3.05, 3.63) is 52.1 Å². The topological polar surface area (TPSA) is 84.6 Å². The molecule has 1 aromatic rings. The Hall–Kier alpha value is -2.50. The summed E-state index contributed by atoms with van der Waals surface area (Å²) in [4.78, 5) is 22.3. The monoisotopic (exact) mass is 285 g/mol. The van der Waals surface area contributed by atoms with Gasteiger partial charge in [-0.2, -0.15) is 5.10 Å². The number of fused-ring (bicyclic) bond motifs is 2. The van der Waals surface area contributed by atoms with E-state index in [1.54, 1.807) is 12.3 Å². The molecule has 1 fully saturated rings. The molecule has 21 heavy (non-hydrogen) atoms. The molecule has 0 saturated heterocycles. The number of nitrogens with zero attached hydrogens (tertiary/aromatic N) is 2. The molecule has 6 heteroatoms. The predicted octanol–water partition coefficient (Wildman–Crippen LogP) is 2.52. The SMILES string of the molecule is O=C(NN=CC1CC2C=CC1C2)c1ccccc1[N+](=O)[O-]. The lowest BCUT2D eigenvalue weighted by Gasteiger charge is -2.11. The molecule has 0 spiro atoms. The molecule has 3 unspecified atom stereocenters. The lowest BCUT2D eigenvalue weighted by Crippen LogP contribution is -2.20. The third-order valence-electron chi connectivity index (χ3n) is 4.11. The molecule has 0 aliphatic heterocycles. The third kappa shape index (κ3) is 2.69. The van der Waals surface area contributed by atoms with Crippen molar-refractivity contribution < 1.29 is 9.72 Å². The maximum Gasteiger partial charge on any atom is 0.282 e. The van der Waals surface area contributed by atoms with Crippen molar-refractivity contribution in [2.75, 3.05) is 0 Å². The van der Waals surface area contributed by atoms with Crippen LogP contribution < -0.4 is 5.43 Å². The van der Waals surface area contributed by atoms with Gasteiger partial charge in [-0.25, -0.2) is 5.43 Å². The fourth-order valence-corrected chi connectivity index (χ4v) is 3.07. The quantitative estimate of drug-likeness (QED) is 0.399. The minimum Gasteiger partial charge on any atom is -0.267 e. The first-order valence-electron chi connectivity index (χ1n) is 6.90. The van der Waals surface area contributed by atoms with Crippen LogP contribution in [0.3, 0.4) is 0 Å². The second kappa shape index (κ2) is 5.47. The number of para-hydroxylation sites is 1. The number of benzene rings is 1. The van der Waals surface area contributed by atoms with Gasteiger partial charge in [0, 0.05) is 18.2 Å². The van der Waals surface area contributed by atoms with Crippen LogP contribution in [0.5, 0.6) is 0 Å². The van der Waals surface area contributed by atoms with Gasteiger partial charge >= 0.3 is 0 Å². The normalized spacial score (nSPS) is 26.4. The molecule has 1 N–H and O–H groups in total. The Labute approximate surface area is 121 Å². The van der Waals surface area contributed by atoms with Crippen LogP contribution in [0.15, 0.2) is 41.5 Å². The van der Waals surface area contributed by atoms with E-state index >= 15 is 0 Å². The van der Waals surface area contributed by atoms with Gasteiger partial charge in [0.15, 0.2) is 0 Å². The molecular formula is C15H15N3O3. The summed E-state index contributed by atoms with van der Waals surface area (Å²) in [6.07, 6.45) is 8.41. The summed E-state index contributed by atoms with van der Waals surface area (Å²) in [5.74, 6) is 0.947. The molecule has 0 heterocycles. The number of rotatable bonds is 4. The molecule has 1 saturated carbocycles. The molecular weight excluding hydrogens is 270 g/mol. The van der Waals surface area contributed by atoms with Crippen LogP contribution in [0.2, 0.25) is 0 Å². The van der Waals surface area contributed by atoms with Crippen molar-refractivity contribution in [3.8, 4) is 0 Å². The Morgan fingerprint density at radius 2 is 2.14 bits per heavy atom. The van der Waals surface area contributed by atoms with Gasteiger partial charge in [-0.05, 0) is 30.7 Å². The summed E-state index contributed by atoms with van der Waals surface area (Å²) in [5, 5.41) is 14.8. The zero-order valence-electron chi connectivity index (χ0n) is 11.3. The standard InChI is InChI=1S/C15H15N3O3/c19-15(13-3-1-2-4-14(13)18(20)21)17-16-9-12-8-10-5-6-11(12)7-10/h1-6,9-12H,7-8H2,(H,17,19). The number of nitrogens with one attached hydrogen (secondary N) is 1. The maximum atomic E-state index is 12.0. The van der Waals surface area contributed by atoms with Crippen molar-refractivity contribution in [2.24, 2.45) is 22.9 Å². The highest BCUT2D eigenvalue weighted by atomic mass is 16.6. The zero-order chi connectivity index (χ0) is 14.8. The number of allylic oxidation sites excluding steroid dienone is 2. The summed E-state index contributed by atoms with van der Waals surface area (Å²) < 4.78 is 0. The molecule has 2 aliphatic carbocycles. The van der Waals surface area contributed by atoms with Gasteiger partial charge in [-0.1, -0.05) is 24.3 Å². The van der Waals surface area contributed by atoms with Gasteiger partial charge in [0.25, 0.3) is 11.6 Å². The van der Waals surface area contributed by atoms with E-state index in [0.717, 1.165) is 12.8 Å². The fraction of sp³-hybridized carbons (Fsp3) is 0.333. The van der Waals surface area contributed by atoms with Crippen molar-refractivity contribution in [2.45, 2.75) is 12.8 Å². The second-order valence-electron chi connectivity index (χ2n) is 5.44. The summed E-state index contributed by atoms with van der Waals surface area (Å²) in [5.41, 5.74) is 2.19. The van der Waals surface area contributed by atoms with E-state index in [4.69, 9.17) is 0 Å². The number of nitro benzene ring substituents is 1. The summed E-state index contributed by atoms with van der Waals surface area (Å²) in [6.45, 7) is 0. The molecule has 0 aromatic heterocycles. The Morgan fingerprint density at radius 3 is 2.81 bits per heavy atom. The van der Waals surface area contributed by atoms with Crippen LogP contribution >= 0.6 is 0 Å². The van der Waals surface area contributed by atoms with E-state index in [-0.39, 0.29) is 11.3 Å². The summed E-state index contributed by atoms with van der Waals surface area (Å²) in [7, 11) is 0. The van der Waals surface area contributed by atoms with Gasteiger partial charge in [-0.3, -0.25) is 14.9 Å². The fourth-order valence-electron chi connectivity index (χ4n) is 3.07. The van der Waals surface area contributed by atoms with Gasteiger partial charge in [0.1, 0.15) is 5.56 Å². The van der Waals surface area contributed by atoms with Gasteiger partial charge in [0.2, 0.25) is 0 Å². The van der Waals surface area contributed by atoms with Crippen LogP contribution in [-0.4, -0.2) is 17.0 Å². The Bertz CT molecular complexity index is 639. The number of carbonyl (C=O) groups excluding carboxylic acids is 1. The Morgan fingerprint density at radius 1 is 1.33 bits per heavy atom. The van der Waals surface area contributed by atoms with Gasteiger partial charge in [0.05, 0.1) is 4.92 Å². The maximum absolute atomic E-state index is 12.0. The minimum atomic E-state index is -0.570. The van der Waals surface area contributed by atoms with Crippen molar-refractivity contribution in [3.63, 3.8) is 0 Å². The van der Waals surface area contributed by atoms with E-state index in [0.29, 0.717) is 17.8 Å². The Kier molecular flexibility index (Phi) is 3.51. The van der Waals surface area contributed by atoms with E-state index in [1.807, 2.05) is 0 Å². The number of hydrazone groups is 1. The summed E-state index contributed by atoms with van der Waals surface area (Å²) in [6, 6.07) is 5.84. The van der Waals surface area contributed by atoms with E-state index in [1.165, 1.54) is 18.2 Å². The lowest BCUT2D eigenvalue weighted by atomic mass is 9.95. The number of nitro groups is 1. The van der Waals surface area contributed by atoms with Crippen LogP contribution in [0.4, 0.5) is 5.69 Å². The molecule has 3 atom stereocenters. The van der Waals surface area contributed by atoms with Crippen molar-refractivity contribution in [1.82, 2.24) is 5.43 Å². The number of amides is 1. The average Bonchev–Trinajstić information content (AvgIpc) is 3.09. The third-order valence-corrected chi connectivity index (χ3v) is 4.11. The molecule has 3 rings (SSSR count). The first-order chi connectivity index (χ1) is 10.1. The first-order valence-corrected chi connectivity index (χ1v) is 6.90. The molecule has 2 aliphatic rings. The summed E-state index contributed by atoms with van der Waals surface area (Å²) >= 11 is 0. The lowest BCUT2D eigenvalue weighted by molar-refractivity contribution is -0.385. The van der Waals surface area contributed by atoms with Crippen LogP contribution in [-0.2, 0) is 0 Å². The largest absolute Gasteiger partial charge is 0.282 e. The molecule has 1 amide bonds. The van der Waals surface area contributed by atoms with E-state index in [2.05, 4.69) is 22.7 Å². The van der Waals surface area contributed by atoms with Crippen LogP contribution in [0.25, 0.3) is 0 Å². The Balaban J connectivity index is 1.65. The van der Waals surface area contributed by atoms with Crippen molar-refractivity contribution >= 4 is 17.8 Å². The zero-order valence-corrected chi connectivity index (χ0v) is 11.3. The molecule has 6 nitrogen and oxygen atoms in total. The second-order valence-corrected chi connectivity index (χ2v) is 5.44. The predicted molar refractivity (Wildman–Crippen MR) is 77.9 cm³/mol. The highest BCUT2D eigenvalue weighted by molar-refractivity contribution is 5.98. The van der Waals surface area contributed by atoms with Gasteiger partial charge < -0.3 is 0 Å².